The first-order chi connectivity index (χ1) is 7.25. The third kappa shape index (κ3) is 3.05. The molecule has 0 aliphatic carbocycles. The van der Waals surface area contributed by atoms with Crippen molar-refractivity contribution >= 4 is 29.7 Å². The Hall–Kier alpha value is -1.39. The van der Waals surface area contributed by atoms with Crippen molar-refractivity contribution in [1.82, 2.24) is 9.78 Å². The molecule has 0 spiro atoms. The maximum atomic E-state index is 5.92. The predicted molar refractivity (Wildman–Crippen MR) is 66.0 cm³/mol. The van der Waals surface area contributed by atoms with E-state index in [1.54, 1.807) is 29.2 Å². The van der Waals surface area contributed by atoms with Crippen molar-refractivity contribution in [3.8, 4) is 5.75 Å². The lowest BCUT2D eigenvalue weighted by atomic mass is 10.3. The van der Waals surface area contributed by atoms with Crippen LogP contribution >= 0.6 is 24.0 Å². The molecule has 2 rings (SSSR count). The van der Waals surface area contributed by atoms with Crippen molar-refractivity contribution in [3.05, 3.63) is 41.7 Å². The van der Waals surface area contributed by atoms with Gasteiger partial charge in [0.15, 0.2) is 6.73 Å². The molecule has 0 unspecified atom stereocenters. The summed E-state index contributed by atoms with van der Waals surface area (Å²) < 4.78 is 7.05. The molecule has 0 atom stereocenters. The summed E-state index contributed by atoms with van der Waals surface area (Å²) in [4.78, 5) is 0. The molecular formula is C10H11Cl2N3O. The van der Waals surface area contributed by atoms with E-state index in [0.717, 1.165) is 0 Å². The Balaban J connectivity index is 0.00000128. The van der Waals surface area contributed by atoms with Gasteiger partial charge in [-0.2, -0.15) is 5.10 Å². The maximum Gasteiger partial charge on any atom is 0.181 e. The topological polar surface area (TPSA) is 53.1 Å². The number of aromatic nitrogens is 2. The van der Waals surface area contributed by atoms with Gasteiger partial charge in [0, 0.05) is 0 Å². The fraction of sp³-hybridized carbons (Fsp3) is 0.100. The van der Waals surface area contributed by atoms with Gasteiger partial charge in [-0.25, -0.2) is 4.68 Å². The summed E-state index contributed by atoms with van der Waals surface area (Å²) >= 11 is 5.92. The SMILES string of the molecule is Cl.Nc1cnn(COc2ccccc2Cl)c1. The average molecular weight is 260 g/mol. The van der Waals surface area contributed by atoms with Crippen molar-refractivity contribution in [2.24, 2.45) is 0 Å². The number of hydrogen-bond donors (Lipinski definition) is 1. The highest BCUT2D eigenvalue weighted by molar-refractivity contribution is 6.32. The van der Waals surface area contributed by atoms with Gasteiger partial charge in [-0.15, -0.1) is 12.4 Å². The van der Waals surface area contributed by atoms with Gasteiger partial charge in [0.1, 0.15) is 5.75 Å². The summed E-state index contributed by atoms with van der Waals surface area (Å²) in [6.07, 6.45) is 3.26. The number of ether oxygens (including phenoxy) is 1. The van der Waals surface area contributed by atoms with Gasteiger partial charge in [0.25, 0.3) is 0 Å². The molecule has 0 amide bonds. The first-order valence-electron chi connectivity index (χ1n) is 4.41. The van der Waals surface area contributed by atoms with E-state index in [1.807, 2.05) is 12.1 Å². The van der Waals surface area contributed by atoms with Gasteiger partial charge in [-0.1, -0.05) is 23.7 Å². The Morgan fingerprint density at radius 1 is 1.38 bits per heavy atom. The van der Waals surface area contributed by atoms with Crippen LogP contribution in [0.1, 0.15) is 0 Å². The molecule has 0 saturated carbocycles. The van der Waals surface area contributed by atoms with E-state index in [1.165, 1.54) is 0 Å². The van der Waals surface area contributed by atoms with E-state index < -0.39 is 0 Å². The molecular weight excluding hydrogens is 249 g/mol. The van der Waals surface area contributed by atoms with Gasteiger partial charge in [-0.3, -0.25) is 0 Å². The smallest absolute Gasteiger partial charge is 0.181 e. The van der Waals surface area contributed by atoms with Crippen molar-refractivity contribution in [3.63, 3.8) is 0 Å². The predicted octanol–water partition coefficient (Wildman–Crippen LogP) is 2.58. The van der Waals surface area contributed by atoms with Crippen LogP contribution in [0.3, 0.4) is 0 Å². The number of nitrogens with two attached hydrogens (primary N) is 1. The molecule has 16 heavy (non-hydrogen) atoms. The van der Waals surface area contributed by atoms with Crippen LogP contribution in [0.2, 0.25) is 5.02 Å². The summed E-state index contributed by atoms with van der Waals surface area (Å²) in [5.74, 6) is 0.633. The van der Waals surface area contributed by atoms with Crippen LogP contribution in [0.4, 0.5) is 5.69 Å². The summed E-state index contributed by atoms with van der Waals surface area (Å²) in [6, 6.07) is 7.28. The molecule has 1 aromatic heterocycles. The van der Waals surface area contributed by atoms with Gasteiger partial charge in [0.05, 0.1) is 23.1 Å². The van der Waals surface area contributed by atoms with Gasteiger partial charge >= 0.3 is 0 Å². The Morgan fingerprint density at radius 2 is 2.12 bits per heavy atom. The number of anilines is 1. The average Bonchev–Trinajstić information content (AvgIpc) is 2.63. The molecule has 2 N–H and O–H groups in total. The van der Waals surface area contributed by atoms with Gasteiger partial charge in [-0.05, 0) is 12.1 Å². The summed E-state index contributed by atoms with van der Waals surface area (Å²) in [7, 11) is 0. The number of hydrogen-bond acceptors (Lipinski definition) is 3. The third-order valence-electron chi connectivity index (χ3n) is 1.84. The van der Waals surface area contributed by atoms with E-state index in [-0.39, 0.29) is 12.4 Å². The van der Waals surface area contributed by atoms with Crippen molar-refractivity contribution in [1.29, 1.82) is 0 Å². The van der Waals surface area contributed by atoms with Crippen molar-refractivity contribution in [2.75, 3.05) is 5.73 Å². The summed E-state index contributed by atoms with van der Waals surface area (Å²) in [6.45, 7) is 0.293. The Bertz CT molecular complexity index is 459. The zero-order chi connectivity index (χ0) is 10.7. The minimum absolute atomic E-state index is 0. The lowest BCUT2D eigenvalue weighted by molar-refractivity contribution is 0.221. The molecule has 0 aliphatic heterocycles. The molecule has 1 aromatic carbocycles. The molecule has 0 fully saturated rings. The van der Waals surface area contributed by atoms with Gasteiger partial charge < -0.3 is 10.5 Å². The first kappa shape index (κ1) is 12.7. The van der Waals surface area contributed by atoms with Crippen LogP contribution in [0.5, 0.6) is 5.75 Å². The Morgan fingerprint density at radius 3 is 2.75 bits per heavy atom. The first-order valence-corrected chi connectivity index (χ1v) is 4.79. The highest BCUT2D eigenvalue weighted by Crippen LogP contribution is 2.23. The molecule has 0 aliphatic rings. The molecule has 86 valence electrons. The number of nitrogens with zero attached hydrogens (tertiary/aromatic N) is 2. The fourth-order valence-electron chi connectivity index (χ4n) is 1.15. The van der Waals surface area contributed by atoms with E-state index in [0.29, 0.717) is 23.2 Å². The highest BCUT2D eigenvalue weighted by atomic mass is 35.5. The minimum atomic E-state index is 0. The number of rotatable bonds is 3. The molecule has 2 aromatic rings. The van der Waals surface area contributed by atoms with Crippen molar-refractivity contribution < 1.29 is 4.74 Å². The summed E-state index contributed by atoms with van der Waals surface area (Å²) in [5.41, 5.74) is 6.12. The molecule has 6 heteroatoms. The maximum absolute atomic E-state index is 5.92. The minimum Gasteiger partial charge on any atom is -0.470 e. The number of halogens is 2. The van der Waals surface area contributed by atoms with Crippen LogP contribution in [0.25, 0.3) is 0 Å². The van der Waals surface area contributed by atoms with Crippen LogP contribution < -0.4 is 10.5 Å². The molecule has 4 nitrogen and oxygen atoms in total. The number of nitrogen functional groups attached to an aromatic ring is 1. The number of para-hydroxylation sites is 1. The van der Waals surface area contributed by atoms with E-state index >= 15 is 0 Å². The molecule has 0 saturated heterocycles. The Kier molecular flexibility index (Phi) is 4.46. The second-order valence-corrected chi connectivity index (χ2v) is 3.42. The quantitative estimate of drug-likeness (QED) is 0.922. The third-order valence-corrected chi connectivity index (χ3v) is 2.15. The summed E-state index contributed by atoms with van der Waals surface area (Å²) in [5, 5.41) is 4.57. The highest BCUT2D eigenvalue weighted by Gasteiger charge is 2.00. The molecule has 0 bridgehead atoms. The second kappa shape index (κ2) is 5.63. The molecule has 0 radical (unpaired) electrons. The second-order valence-electron chi connectivity index (χ2n) is 3.02. The molecule has 1 heterocycles. The van der Waals surface area contributed by atoms with Crippen LogP contribution in [0.15, 0.2) is 36.7 Å². The van der Waals surface area contributed by atoms with Crippen LogP contribution in [0, 0.1) is 0 Å². The normalized spacial score (nSPS) is 9.56. The largest absolute Gasteiger partial charge is 0.470 e. The van der Waals surface area contributed by atoms with Crippen LogP contribution in [-0.4, -0.2) is 9.78 Å². The lowest BCUT2D eigenvalue weighted by Crippen LogP contribution is -2.05. The standard InChI is InChI=1S/C10H10ClN3O.ClH/c11-9-3-1-2-4-10(9)15-7-14-6-8(12)5-13-14;/h1-6H,7,12H2;1H. The Labute approximate surface area is 104 Å². The van der Waals surface area contributed by atoms with E-state index in [4.69, 9.17) is 22.1 Å². The fourth-order valence-corrected chi connectivity index (χ4v) is 1.34. The number of benzene rings is 1. The van der Waals surface area contributed by atoms with Gasteiger partial charge in [0.2, 0.25) is 0 Å². The monoisotopic (exact) mass is 259 g/mol. The van der Waals surface area contributed by atoms with Crippen molar-refractivity contribution in [2.45, 2.75) is 6.73 Å². The zero-order valence-corrected chi connectivity index (χ0v) is 9.91. The van der Waals surface area contributed by atoms with E-state index in [2.05, 4.69) is 5.10 Å². The lowest BCUT2D eigenvalue weighted by Gasteiger charge is -2.06. The zero-order valence-electron chi connectivity index (χ0n) is 8.34. The van der Waals surface area contributed by atoms with E-state index in [9.17, 15) is 0 Å². The van der Waals surface area contributed by atoms with Crippen LogP contribution in [-0.2, 0) is 6.73 Å².